The van der Waals surface area contributed by atoms with Gasteiger partial charge in [-0.2, -0.15) is 0 Å². The van der Waals surface area contributed by atoms with E-state index in [0.29, 0.717) is 16.5 Å². The van der Waals surface area contributed by atoms with Crippen molar-refractivity contribution in [2.24, 2.45) is 0 Å². The van der Waals surface area contributed by atoms with Gasteiger partial charge in [0.15, 0.2) is 0 Å². The third kappa shape index (κ3) is 1.87. The number of pyridine rings is 1. The number of aromatic hydroxyl groups is 1. The Morgan fingerprint density at radius 3 is 2.40 bits per heavy atom. The van der Waals surface area contributed by atoms with Crippen molar-refractivity contribution in [1.29, 1.82) is 5.41 Å². The number of aromatic amines is 1. The Morgan fingerprint density at radius 2 is 1.65 bits per heavy atom. The Balaban J connectivity index is 2.27. The minimum atomic E-state index is -0.463. The molecule has 0 unspecified atom stereocenters. The second-order valence-corrected chi connectivity index (χ2v) is 4.46. The first-order chi connectivity index (χ1) is 9.68. The lowest BCUT2D eigenvalue weighted by Crippen LogP contribution is -2.18. The Labute approximate surface area is 114 Å². The summed E-state index contributed by atoms with van der Waals surface area (Å²) in [5, 5.41) is 19.0. The third-order valence-electron chi connectivity index (χ3n) is 3.21. The molecule has 0 aliphatic carbocycles. The highest BCUT2D eigenvalue weighted by Gasteiger charge is 2.16. The van der Waals surface area contributed by atoms with Gasteiger partial charge in [-0.1, -0.05) is 42.5 Å². The smallest absolute Gasteiger partial charge is 0.261 e. The maximum absolute atomic E-state index is 12.1. The van der Waals surface area contributed by atoms with Crippen LogP contribution in [0.15, 0.2) is 59.4 Å². The van der Waals surface area contributed by atoms with E-state index < -0.39 is 5.56 Å². The lowest BCUT2D eigenvalue weighted by Gasteiger charge is -2.08. The van der Waals surface area contributed by atoms with Gasteiger partial charge < -0.3 is 10.1 Å². The molecule has 3 aromatic rings. The van der Waals surface area contributed by atoms with Crippen LogP contribution in [0.3, 0.4) is 0 Å². The van der Waals surface area contributed by atoms with E-state index in [1.54, 1.807) is 48.5 Å². The van der Waals surface area contributed by atoms with Gasteiger partial charge in [0.05, 0.1) is 11.2 Å². The fourth-order valence-electron chi connectivity index (χ4n) is 2.21. The zero-order valence-corrected chi connectivity index (χ0v) is 10.6. The standard InChI is InChI=1S/C16H12N2O2/c17-14(10-6-2-1-3-7-10)13-15(19)11-8-4-5-9-12(11)18-16(13)20/h1-9,17H,(H2,18,19,20). The molecular formula is C16H12N2O2. The van der Waals surface area contributed by atoms with Crippen molar-refractivity contribution in [2.75, 3.05) is 0 Å². The molecule has 0 aliphatic rings. The quantitative estimate of drug-likeness (QED) is 0.622. The van der Waals surface area contributed by atoms with Crippen LogP contribution in [0, 0.1) is 5.41 Å². The summed E-state index contributed by atoms with van der Waals surface area (Å²) in [5.74, 6) is -0.154. The van der Waals surface area contributed by atoms with Crippen LogP contribution in [0.5, 0.6) is 5.75 Å². The van der Waals surface area contributed by atoms with Crippen molar-refractivity contribution < 1.29 is 5.11 Å². The van der Waals surface area contributed by atoms with Crippen molar-refractivity contribution >= 4 is 16.6 Å². The molecular weight excluding hydrogens is 252 g/mol. The summed E-state index contributed by atoms with van der Waals surface area (Å²) >= 11 is 0. The van der Waals surface area contributed by atoms with Crippen LogP contribution < -0.4 is 5.56 Å². The van der Waals surface area contributed by atoms with Crippen LogP contribution in [-0.4, -0.2) is 15.8 Å². The summed E-state index contributed by atoms with van der Waals surface area (Å²) < 4.78 is 0. The minimum Gasteiger partial charge on any atom is -0.506 e. The summed E-state index contributed by atoms with van der Waals surface area (Å²) in [6, 6.07) is 15.9. The van der Waals surface area contributed by atoms with E-state index in [2.05, 4.69) is 4.98 Å². The van der Waals surface area contributed by atoms with E-state index >= 15 is 0 Å². The van der Waals surface area contributed by atoms with Crippen molar-refractivity contribution in [1.82, 2.24) is 4.98 Å². The number of hydrogen-bond acceptors (Lipinski definition) is 3. The number of benzene rings is 2. The van der Waals surface area contributed by atoms with Crippen LogP contribution in [0.1, 0.15) is 11.1 Å². The van der Waals surface area contributed by atoms with Gasteiger partial charge in [0.1, 0.15) is 11.3 Å². The number of nitrogens with one attached hydrogen (secondary N) is 2. The predicted molar refractivity (Wildman–Crippen MR) is 78.6 cm³/mol. The molecule has 3 N–H and O–H groups in total. The van der Waals surface area contributed by atoms with E-state index in [4.69, 9.17) is 5.41 Å². The second kappa shape index (κ2) is 4.66. The second-order valence-electron chi connectivity index (χ2n) is 4.46. The van der Waals surface area contributed by atoms with Crippen molar-refractivity contribution in [3.8, 4) is 5.75 Å². The molecule has 4 heteroatoms. The molecule has 3 rings (SSSR count). The molecule has 2 aromatic carbocycles. The van der Waals surface area contributed by atoms with Gasteiger partial charge in [-0.05, 0) is 12.1 Å². The number of hydrogen-bond donors (Lipinski definition) is 3. The van der Waals surface area contributed by atoms with Crippen LogP contribution in [0.4, 0.5) is 0 Å². The highest BCUT2D eigenvalue weighted by Crippen LogP contribution is 2.25. The van der Waals surface area contributed by atoms with E-state index in [1.807, 2.05) is 6.07 Å². The van der Waals surface area contributed by atoms with Crippen LogP contribution in [-0.2, 0) is 0 Å². The van der Waals surface area contributed by atoms with Crippen LogP contribution >= 0.6 is 0 Å². The van der Waals surface area contributed by atoms with Gasteiger partial charge in [0.25, 0.3) is 5.56 Å². The summed E-state index contributed by atoms with van der Waals surface area (Å²) in [4.78, 5) is 14.8. The fraction of sp³-hybridized carbons (Fsp3) is 0. The average Bonchev–Trinajstić information content (AvgIpc) is 2.48. The molecule has 0 radical (unpaired) electrons. The highest BCUT2D eigenvalue weighted by molar-refractivity contribution is 6.14. The Bertz CT molecular complexity index is 851. The first-order valence-corrected chi connectivity index (χ1v) is 6.17. The molecule has 0 bridgehead atoms. The zero-order valence-electron chi connectivity index (χ0n) is 10.6. The first-order valence-electron chi connectivity index (χ1n) is 6.17. The summed E-state index contributed by atoms with van der Waals surface area (Å²) in [6.45, 7) is 0. The van der Waals surface area contributed by atoms with E-state index in [9.17, 15) is 9.90 Å². The topological polar surface area (TPSA) is 76.9 Å². The number of aromatic nitrogens is 1. The normalized spacial score (nSPS) is 10.6. The maximum Gasteiger partial charge on any atom is 0.261 e. The third-order valence-corrected chi connectivity index (χ3v) is 3.21. The molecule has 0 amide bonds. The Kier molecular flexibility index (Phi) is 2.84. The van der Waals surface area contributed by atoms with E-state index in [0.717, 1.165) is 0 Å². The van der Waals surface area contributed by atoms with Gasteiger partial charge >= 0.3 is 0 Å². The Hall–Kier alpha value is -2.88. The molecule has 0 saturated carbocycles. The van der Waals surface area contributed by atoms with Gasteiger partial charge in [0, 0.05) is 10.9 Å². The molecule has 98 valence electrons. The molecule has 0 fully saturated rings. The van der Waals surface area contributed by atoms with Crippen molar-refractivity contribution in [3.05, 3.63) is 76.1 Å². The molecule has 1 aromatic heterocycles. The molecule has 1 heterocycles. The SMILES string of the molecule is N=C(c1ccccc1)c1c(O)c2ccccc2[nH]c1=O. The van der Waals surface area contributed by atoms with E-state index in [1.165, 1.54) is 0 Å². The van der Waals surface area contributed by atoms with Crippen molar-refractivity contribution in [3.63, 3.8) is 0 Å². The molecule has 20 heavy (non-hydrogen) atoms. The maximum atomic E-state index is 12.1. The highest BCUT2D eigenvalue weighted by atomic mass is 16.3. The fourth-order valence-corrected chi connectivity index (χ4v) is 2.21. The minimum absolute atomic E-state index is 0.00472. The molecule has 0 saturated heterocycles. The summed E-state index contributed by atoms with van der Waals surface area (Å²) in [5.41, 5.74) is 0.684. The van der Waals surface area contributed by atoms with Gasteiger partial charge in [-0.15, -0.1) is 0 Å². The number of para-hydroxylation sites is 1. The predicted octanol–water partition coefficient (Wildman–Crippen LogP) is 2.65. The first kappa shape index (κ1) is 12.2. The largest absolute Gasteiger partial charge is 0.506 e. The van der Waals surface area contributed by atoms with Gasteiger partial charge in [-0.3, -0.25) is 10.2 Å². The molecule has 4 nitrogen and oxygen atoms in total. The average molecular weight is 264 g/mol. The number of rotatable bonds is 2. The van der Waals surface area contributed by atoms with E-state index in [-0.39, 0.29) is 17.0 Å². The monoisotopic (exact) mass is 264 g/mol. The summed E-state index contributed by atoms with van der Waals surface area (Å²) in [6.07, 6.45) is 0. The van der Waals surface area contributed by atoms with Crippen LogP contribution in [0.2, 0.25) is 0 Å². The zero-order chi connectivity index (χ0) is 14.1. The lowest BCUT2D eigenvalue weighted by atomic mass is 10.0. The Morgan fingerprint density at radius 1 is 1.00 bits per heavy atom. The van der Waals surface area contributed by atoms with Gasteiger partial charge in [0.2, 0.25) is 0 Å². The van der Waals surface area contributed by atoms with Crippen molar-refractivity contribution in [2.45, 2.75) is 0 Å². The van der Waals surface area contributed by atoms with Gasteiger partial charge in [-0.25, -0.2) is 0 Å². The molecule has 0 aliphatic heterocycles. The number of H-pyrrole nitrogens is 1. The molecule has 0 spiro atoms. The lowest BCUT2D eigenvalue weighted by molar-refractivity contribution is 0.479. The number of fused-ring (bicyclic) bond motifs is 1. The van der Waals surface area contributed by atoms with Crippen LogP contribution in [0.25, 0.3) is 10.9 Å². The molecule has 0 atom stereocenters. The summed E-state index contributed by atoms with van der Waals surface area (Å²) in [7, 11) is 0.